The topological polar surface area (TPSA) is 45.7 Å². The second-order valence-corrected chi connectivity index (χ2v) is 9.59. The minimum absolute atomic E-state index is 0.0753. The van der Waals surface area contributed by atoms with Gasteiger partial charge in [0.25, 0.3) is 0 Å². The van der Waals surface area contributed by atoms with E-state index in [4.69, 9.17) is 21.3 Å². The lowest BCUT2D eigenvalue weighted by molar-refractivity contribution is -0.118. The Morgan fingerprint density at radius 1 is 1.17 bits per heavy atom. The lowest BCUT2D eigenvalue weighted by atomic mass is 10.3. The SMILES string of the molecule is COc1ccc(Cl)c2sc(N(CCCN(C)C)C(=O)CCSc3ccccc3)nc12. The Kier molecular flexibility index (Phi) is 8.39. The number of hydrogen-bond acceptors (Lipinski definition) is 6. The van der Waals surface area contributed by atoms with E-state index in [0.29, 0.717) is 34.4 Å². The van der Waals surface area contributed by atoms with E-state index in [1.54, 1.807) is 29.8 Å². The van der Waals surface area contributed by atoms with Gasteiger partial charge in [-0.2, -0.15) is 0 Å². The summed E-state index contributed by atoms with van der Waals surface area (Å²) in [5.74, 6) is 1.46. The van der Waals surface area contributed by atoms with E-state index in [9.17, 15) is 4.79 Å². The summed E-state index contributed by atoms with van der Waals surface area (Å²) in [6.07, 6.45) is 1.31. The maximum atomic E-state index is 13.1. The van der Waals surface area contributed by atoms with Crippen LogP contribution in [0.5, 0.6) is 5.75 Å². The van der Waals surface area contributed by atoms with Crippen LogP contribution in [0.3, 0.4) is 0 Å². The van der Waals surface area contributed by atoms with Crippen molar-refractivity contribution in [3.8, 4) is 5.75 Å². The van der Waals surface area contributed by atoms with E-state index in [-0.39, 0.29) is 5.91 Å². The molecule has 0 saturated carbocycles. The summed E-state index contributed by atoms with van der Waals surface area (Å²) in [5.41, 5.74) is 0.703. The number of amides is 1. The van der Waals surface area contributed by atoms with Gasteiger partial charge in [0.05, 0.1) is 16.8 Å². The average Bonchev–Trinajstić information content (AvgIpc) is 3.18. The molecule has 5 nitrogen and oxygen atoms in total. The highest BCUT2D eigenvalue weighted by Gasteiger charge is 2.21. The van der Waals surface area contributed by atoms with Gasteiger partial charge in [-0.05, 0) is 51.3 Å². The standard InChI is InChI=1S/C22H26ClN3O2S2/c1-25(2)13-7-14-26(19(27)12-15-29-16-8-5-4-6-9-16)22-24-20-18(28-3)11-10-17(23)21(20)30-22/h4-6,8-11H,7,12-15H2,1-3H3. The summed E-state index contributed by atoms with van der Waals surface area (Å²) < 4.78 is 6.28. The van der Waals surface area contributed by atoms with Crippen LogP contribution in [0.2, 0.25) is 5.02 Å². The molecule has 0 aliphatic rings. The Labute approximate surface area is 191 Å². The highest BCUT2D eigenvalue weighted by Crippen LogP contribution is 2.39. The van der Waals surface area contributed by atoms with Crippen molar-refractivity contribution in [2.75, 3.05) is 44.9 Å². The number of methoxy groups -OCH3 is 1. The van der Waals surface area contributed by atoms with E-state index in [0.717, 1.165) is 23.4 Å². The first kappa shape index (κ1) is 22.9. The van der Waals surface area contributed by atoms with Gasteiger partial charge in [0.1, 0.15) is 11.3 Å². The Balaban J connectivity index is 1.78. The van der Waals surface area contributed by atoms with E-state index in [1.807, 2.05) is 38.4 Å². The van der Waals surface area contributed by atoms with Crippen LogP contribution in [-0.2, 0) is 4.79 Å². The number of anilines is 1. The molecule has 0 aliphatic carbocycles. The fraction of sp³-hybridized carbons (Fsp3) is 0.364. The molecule has 8 heteroatoms. The van der Waals surface area contributed by atoms with Crippen LogP contribution in [0.15, 0.2) is 47.4 Å². The number of nitrogens with zero attached hydrogens (tertiary/aromatic N) is 3. The van der Waals surface area contributed by atoms with Crippen LogP contribution < -0.4 is 9.64 Å². The molecule has 1 heterocycles. The fourth-order valence-electron chi connectivity index (χ4n) is 3.00. The van der Waals surface area contributed by atoms with Crippen molar-refractivity contribution in [1.82, 2.24) is 9.88 Å². The number of thiazole rings is 1. The van der Waals surface area contributed by atoms with Crippen LogP contribution >= 0.6 is 34.7 Å². The number of aromatic nitrogens is 1. The number of thioether (sulfide) groups is 1. The second kappa shape index (κ2) is 11.0. The first-order valence-electron chi connectivity index (χ1n) is 9.75. The number of carbonyl (C=O) groups excluding carboxylic acids is 1. The lowest BCUT2D eigenvalue weighted by Crippen LogP contribution is -2.33. The summed E-state index contributed by atoms with van der Waals surface area (Å²) in [6.45, 7) is 1.52. The molecule has 160 valence electrons. The Morgan fingerprint density at radius 2 is 1.93 bits per heavy atom. The molecule has 0 radical (unpaired) electrons. The molecule has 0 spiro atoms. The third-order valence-corrected chi connectivity index (χ3v) is 7.07. The molecular weight excluding hydrogens is 438 g/mol. The quantitative estimate of drug-likeness (QED) is 0.375. The number of hydrogen-bond donors (Lipinski definition) is 0. The first-order chi connectivity index (χ1) is 14.5. The molecule has 1 aromatic heterocycles. The predicted molar refractivity (Wildman–Crippen MR) is 128 cm³/mol. The van der Waals surface area contributed by atoms with Crippen molar-refractivity contribution < 1.29 is 9.53 Å². The summed E-state index contributed by atoms with van der Waals surface area (Å²) in [6, 6.07) is 13.8. The number of benzene rings is 2. The van der Waals surface area contributed by atoms with Gasteiger partial charge in [-0.25, -0.2) is 4.98 Å². The highest BCUT2D eigenvalue weighted by molar-refractivity contribution is 7.99. The average molecular weight is 464 g/mol. The maximum absolute atomic E-state index is 13.1. The molecule has 2 aromatic carbocycles. The van der Waals surface area contributed by atoms with Gasteiger partial charge in [-0.3, -0.25) is 9.69 Å². The molecule has 0 fully saturated rings. The van der Waals surface area contributed by atoms with Gasteiger partial charge in [-0.1, -0.05) is 41.1 Å². The molecule has 3 aromatic rings. The normalized spacial score (nSPS) is 11.2. The Hall–Kier alpha value is -1.80. The number of carbonyl (C=O) groups is 1. The summed E-state index contributed by atoms with van der Waals surface area (Å²) in [7, 11) is 5.68. The monoisotopic (exact) mass is 463 g/mol. The van der Waals surface area contributed by atoms with Crippen molar-refractivity contribution >= 4 is 56.0 Å². The molecule has 0 unspecified atom stereocenters. The molecule has 0 bridgehead atoms. The van der Waals surface area contributed by atoms with E-state index in [2.05, 4.69) is 17.0 Å². The van der Waals surface area contributed by atoms with Crippen molar-refractivity contribution in [3.63, 3.8) is 0 Å². The molecule has 0 atom stereocenters. The largest absolute Gasteiger partial charge is 0.494 e. The lowest BCUT2D eigenvalue weighted by Gasteiger charge is -2.21. The zero-order valence-electron chi connectivity index (χ0n) is 17.4. The Morgan fingerprint density at radius 3 is 2.63 bits per heavy atom. The van der Waals surface area contributed by atoms with Gasteiger partial charge >= 0.3 is 0 Å². The zero-order valence-corrected chi connectivity index (χ0v) is 19.8. The summed E-state index contributed by atoms with van der Waals surface area (Å²) in [4.78, 5) is 22.9. The zero-order chi connectivity index (χ0) is 21.5. The molecular formula is C22H26ClN3O2S2. The first-order valence-corrected chi connectivity index (χ1v) is 11.9. The van der Waals surface area contributed by atoms with Crippen LogP contribution in [0.4, 0.5) is 5.13 Å². The van der Waals surface area contributed by atoms with Gasteiger partial charge in [0.15, 0.2) is 5.13 Å². The number of halogens is 1. The molecule has 1 amide bonds. The molecule has 0 saturated heterocycles. The molecule has 3 rings (SSSR count). The molecule has 0 N–H and O–H groups in total. The van der Waals surface area contributed by atoms with Gasteiger partial charge in [0, 0.05) is 23.6 Å². The van der Waals surface area contributed by atoms with Crippen molar-refractivity contribution in [2.24, 2.45) is 0 Å². The van der Waals surface area contributed by atoms with E-state index >= 15 is 0 Å². The second-order valence-electron chi connectivity index (χ2n) is 7.04. The summed E-state index contributed by atoms with van der Waals surface area (Å²) in [5, 5.41) is 1.29. The van der Waals surface area contributed by atoms with Crippen molar-refractivity contribution in [1.29, 1.82) is 0 Å². The fourth-order valence-corrected chi connectivity index (χ4v) is 5.16. The van der Waals surface area contributed by atoms with E-state index < -0.39 is 0 Å². The van der Waals surface area contributed by atoms with Gasteiger partial charge in [0.2, 0.25) is 5.91 Å². The highest BCUT2D eigenvalue weighted by atomic mass is 35.5. The van der Waals surface area contributed by atoms with Crippen molar-refractivity contribution in [2.45, 2.75) is 17.7 Å². The van der Waals surface area contributed by atoms with Crippen LogP contribution in [0, 0.1) is 0 Å². The molecule has 30 heavy (non-hydrogen) atoms. The van der Waals surface area contributed by atoms with Crippen LogP contribution in [0.25, 0.3) is 10.2 Å². The number of ether oxygens (including phenoxy) is 1. The van der Waals surface area contributed by atoms with Gasteiger partial charge < -0.3 is 9.64 Å². The predicted octanol–water partition coefficient (Wildman–Crippen LogP) is 5.43. The minimum Gasteiger partial charge on any atom is -0.494 e. The van der Waals surface area contributed by atoms with E-state index in [1.165, 1.54) is 16.2 Å². The van der Waals surface area contributed by atoms with Gasteiger partial charge in [-0.15, -0.1) is 11.8 Å². The third kappa shape index (κ3) is 5.88. The Bertz CT molecular complexity index is 979. The number of rotatable bonds is 10. The summed E-state index contributed by atoms with van der Waals surface area (Å²) >= 11 is 9.51. The third-order valence-electron chi connectivity index (χ3n) is 4.51. The van der Waals surface area contributed by atoms with Crippen LogP contribution in [0.1, 0.15) is 12.8 Å². The maximum Gasteiger partial charge on any atom is 0.229 e. The molecule has 0 aliphatic heterocycles. The van der Waals surface area contributed by atoms with Crippen molar-refractivity contribution in [3.05, 3.63) is 47.5 Å². The smallest absolute Gasteiger partial charge is 0.229 e. The van der Waals surface area contributed by atoms with Crippen LogP contribution in [-0.4, -0.2) is 55.8 Å². The number of fused-ring (bicyclic) bond motifs is 1. The minimum atomic E-state index is 0.0753.